The van der Waals surface area contributed by atoms with Gasteiger partial charge in [-0.3, -0.25) is 0 Å². The van der Waals surface area contributed by atoms with Crippen molar-refractivity contribution in [1.82, 2.24) is 15.5 Å². The third kappa shape index (κ3) is 2.47. The molecule has 1 aromatic heterocycles. The van der Waals surface area contributed by atoms with E-state index in [1.165, 1.54) is 6.42 Å². The molecule has 1 aliphatic rings. The van der Waals surface area contributed by atoms with Gasteiger partial charge in [0.1, 0.15) is 0 Å². The number of aromatic nitrogens is 2. The summed E-state index contributed by atoms with van der Waals surface area (Å²) in [5, 5.41) is 7.46. The topological polar surface area (TPSA) is 51.0 Å². The number of nitrogens with zero attached hydrogens (tertiary/aromatic N) is 2. The van der Waals surface area contributed by atoms with Crippen LogP contribution in [0.3, 0.4) is 0 Å². The second-order valence-electron chi connectivity index (χ2n) is 4.51. The van der Waals surface area contributed by atoms with E-state index in [0.29, 0.717) is 11.8 Å². The van der Waals surface area contributed by atoms with Crippen LogP contribution in [-0.2, 0) is 0 Å². The quantitative estimate of drug-likeness (QED) is 0.926. The predicted octanol–water partition coefficient (Wildman–Crippen LogP) is 2.97. The minimum absolute atomic E-state index is 0.381. The van der Waals surface area contributed by atoms with E-state index in [4.69, 9.17) is 4.52 Å². The minimum Gasteiger partial charge on any atom is -0.334 e. The molecule has 0 radical (unpaired) electrons. The molecule has 4 nitrogen and oxygen atoms in total. The Morgan fingerprint density at radius 2 is 2.11 bits per heavy atom. The monoisotopic (exact) mass is 307 g/mol. The van der Waals surface area contributed by atoms with Gasteiger partial charge in [-0.25, -0.2) is 0 Å². The van der Waals surface area contributed by atoms with Crippen molar-refractivity contribution in [2.75, 3.05) is 13.1 Å². The van der Waals surface area contributed by atoms with Crippen LogP contribution in [0.15, 0.2) is 33.3 Å². The second-order valence-corrected chi connectivity index (χ2v) is 5.42. The van der Waals surface area contributed by atoms with Crippen LogP contribution in [0.5, 0.6) is 0 Å². The van der Waals surface area contributed by atoms with E-state index in [0.717, 1.165) is 35.4 Å². The van der Waals surface area contributed by atoms with Gasteiger partial charge in [-0.2, -0.15) is 4.98 Å². The fourth-order valence-corrected chi connectivity index (χ4v) is 2.45. The molecule has 1 fully saturated rings. The molecule has 1 saturated heterocycles. The lowest BCUT2D eigenvalue weighted by atomic mass is 9.99. The molecule has 18 heavy (non-hydrogen) atoms. The van der Waals surface area contributed by atoms with Crippen LogP contribution in [0.4, 0.5) is 0 Å². The van der Waals surface area contributed by atoms with Crippen LogP contribution in [0, 0.1) is 0 Å². The van der Waals surface area contributed by atoms with Crippen LogP contribution in [0.25, 0.3) is 11.5 Å². The van der Waals surface area contributed by atoms with Crippen molar-refractivity contribution in [3.63, 3.8) is 0 Å². The fraction of sp³-hybridized carbons (Fsp3) is 0.385. The van der Waals surface area contributed by atoms with Crippen LogP contribution >= 0.6 is 15.9 Å². The number of rotatable bonds is 2. The van der Waals surface area contributed by atoms with Gasteiger partial charge in [-0.1, -0.05) is 21.1 Å². The van der Waals surface area contributed by atoms with E-state index in [9.17, 15) is 0 Å². The maximum absolute atomic E-state index is 5.34. The number of piperidine rings is 1. The third-order valence-electron chi connectivity index (χ3n) is 3.19. The van der Waals surface area contributed by atoms with E-state index in [1.807, 2.05) is 24.3 Å². The highest BCUT2D eigenvalue weighted by molar-refractivity contribution is 9.10. The molecule has 94 valence electrons. The Labute approximate surface area is 114 Å². The lowest BCUT2D eigenvalue weighted by Gasteiger charge is -2.19. The first-order valence-corrected chi connectivity index (χ1v) is 6.92. The normalized spacial score (nSPS) is 19.9. The summed E-state index contributed by atoms with van der Waals surface area (Å²) in [7, 11) is 0. The zero-order valence-electron chi connectivity index (χ0n) is 9.90. The van der Waals surface area contributed by atoms with Crippen molar-refractivity contribution >= 4 is 15.9 Å². The lowest BCUT2D eigenvalue weighted by molar-refractivity contribution is 0.393. The molecule has 2 heterocycles. The summed E-state index contributed by atoms with van der Waals surface area (Å²) < 4.78 is 6.38. The van der Waals surface area contributed by atoms with Crippen molar-refractivity contribution in [1.29, 1.82) is 0 Å². The first-order chi connectivity index (χ1) is 8.83. The molecule has 1 aromatic carbocycles. The van der Waals surface area contributed by atoms with Gasteiger partial charge in [-0.05, 0) is 43.7 Å². The lowest BCUT2D eigenvalue weighted by Crippen LogP contribution is -2.28. The highest BCUT2D eigenvalue weighted by atomic mass is 79.9. The number of benzene rings is 1. The maximum atomic E-state index is 5.34. The SMILES string of the molecule is Brc1ccc(-c2nc(C3CCCNC3)no2)cc1. The molecule has 1 unspecified atom stereocenters. The van der Waals surface area contributed by atoms with E-state index in [-0.39, 0.29) is 0 Å². The Morgan fingerprint density at radius 3 is 2.83 bits per heavy atom. The minimum atomic E-state index is 0.381. The van der Waals surface area contributed by atoms with Gasteiger partial charge in [0.25, 0.3) is 5.89 Å². The first-order valence-electron chi connectivity index (χ1n) is 6.13. The molecule has 1 N–H and O–H groups in total. The summed E-state index contributed by atoms with van der Waals surface area (Å²) in [5.74, 6) is 1.80. The van der Waals surface area contributed by atoms with E-state index in [2.05, 4.69) is 31.4 Å². The van der Waals surface area contributed by atoms with Crippen molar-refractivity contribution in [2.24, 2.45) is 0 Å². The largest absolute Gasteiger partial charge is 0.334 e. The predicted molar refractivity (Wildman–Crippen MR) is 72.3 cm³/mol. The van der Waals surface area contributed by atoms with Gasteiger partial charge < -0.3 is 9.84 Å². The molecule has 0 aliphatic carbocycles. The van der Waals surface area contributed by atoms with Gasteiger partial charge in [0.15, 0.2) is 5.82 Å². The van der Waals surface area contributed by atoms with Crippen LogP contribution < -0.4 is 5.32 Å². The van der Waals surface area contributed by atoms with Crippen molar-refractivity contribution in [3.8, 4) is 11.5 Å². The number of hydrogen-bond acceptors (Lipinski definition) is 4. The van der Waals surface area contributed by atoms with Crippen LogP contribution in [0.2, 0.25) is 0 Å². The molecular weight excluding hydrogens is 294 g/mol. The Kier molecular flexibility index (Phi) is 3.43. The molecule has 5 heteroatoms. The van der Waals surface area contributed by atoms with E-state index >= 15 is 0 Å². The Bertz CT molecular complexity index is 517. The number of nitrogens with one attached hydrogen (secondary N) is 1. The van der Waals surface area contributed by atoms with Crippen LogP contribution in [0.1, 0.15) is 24.6 Å². The maximum Gasteiger partial charge on any atom is 0.257 e. The highest BCUT2D eigenvalue weighted by Gasteiger charge is 2.20. The van der Waals surface area contributed by atoms with E-state index < -0.39 is 0 Å². The average molecular weight is 308 g/mol. The summed E-state index contributed by atoms with van der Waals surface area (Å²) in [6, 6.07) is 7.89. The molecular formula is C13H14BrN3O. The van der Waals surface area contributed by atoms with Crippen molar-refractivity contribution < 1.29 is 4.52 Å². The summed E-state index contributed by atoms with van der Waals surface area (Å²) >= 11 is 3.41. The standard InChI is InChI=1S/C13H14BrN3O/c14-11-5-3-9(4-6-11)13-16-12(17-18-13)10-2-1-7-15-8-10/h3-6,10,15H,1-2,7-8H2. The molecule has 0 spiro atoms. The van der Waals surface area contributed by atoms with Gasteiger partial charge >= 0.3 is 0 Å². The highest BCUT2D eigenvalue weighted by Crippen LogP contribution is 2.25. The molecule has 3 rings (SSSR count). The number of hydrogen-bond donors (Lipinski definition) is 1. The molecule has 1 aliphatic heterocycles. The van der Waals surface area contributed by atoms with Gasteiger partial charge in [-0.15, -0.1) is 0 Å². The average Bonchev–Trinajstić information content (AvgIpc) is 2.90. The molecule has 2 aromatic rings. The smallest absolute Gasteiger partial charge is 0.257 e. The molecule has 1 atom stereocenters. The zero-order valence-corrected chi connectivity index (χ0v) is 11.5. The van der Waals surface area contributed by atoms with Crippen molar-refractivity contribution in [3.05, 3.63) is 34.6 Å². The van der Waals surface area contributed by atoms with Gasteiger partial charge in [0, 0.05) is 22.5 Å². The Balaban J connectivity index is 1.82. The van der Waals surface area contributed by atoms with Crippen LogP contribution in [-0.4, -0.2) is 23.2 Å². The Morgan fingerprint density at radius 1 is 1.28 bits per heavy atom. The summed E-state index contributed by atoms with van der Waals surface area (Å²) in [6.07, 6.45) is 2.30. The fourth-order valence-electron chi connectivity index (χ4n) is 2.18. The molecule has 0 amide bonds. The first kappa shape index (κ1) is 11.9. The van der Waals surface area contributed by atoms with Gasteiger partial charge in [0.05, 0.1) is 0 Å². The van der Waals surface area contributed by atoms with Crippen molar-refractivity contribution in [2.45, 2.75) is 18.8 Å². The number of halogens is 1. The van der Waals surface area contributed by atoms with E-state index in [1.54, 1.807) is 0 Å². The molecule has 0 saturated carbocycles. The molecule has 0 bridgehead atoms. The Hall–Kier alpha value is -1.20. The zero-order chi connectivity index (χ0) is 12.4. The summed E-state index contributed by atoms with van der Waals surface area (Å²) in [5.41, 5.74) is 0.959. The summed E-state index contributed by atoms with van der Waals surface area (Å²) in [6.45, 7) is 2.03. The summed E-state index contributed by atoms with van der Waals surface area (Å²) in [4.78, 5) is 4.50. The third-order valence-corrected chi connectivity index (χ3v) is 3.72. The van der Waals surface area contributed by atoms with Gasteiger partial charge in [0.2, 0.25) is 0 Å². The second kappa shape index (κ2) is 5.20.